The molecular formula is C48H32O. The lowest BCUT2D eigenvalue weighted by molar-refractivity contribution is 0.670. The molecule has 1 aromatic heterocycles. The van der Waals surface area contributed by atoms with Gasteiger partial charge in [-0.2, -0.15) is 0 Å². The molecule has 0 aliphatic carbocycles. The molecule has 0 fully saturated rings. The van der Waals surface area contributed by atoms with Gasteiger partial charge < -0.3 is 4.42 Å². The first kappa shape index (κ1) is 28.8. The zero-order valence-corrected chi connectivity index (χ0v) is 26.9. The molecular weight excluding hydrogens is 593 g/mol. The van der Waals surface area contributed by atoms with Gasteiger partial charge in [-0.05, 0) is 97.6 Å². The SMILES string of the molecule is c1ccc(-c2ccc(-c3cccc(-c4cccc(-c5cc(-c6ccccc6)c6oc7cc(-c8ccccc8)ccc7c6c5)c4)c3)cc2)cc1. The molecule has 0 atom stereocenters. The maximum Gasteiger partial charge on any atom is 0.143 e. The molecule has 0 saturated heterocycles. The first-order valence-electron chi connectivity index (χ1n) is 16.7. The van der Waals surface area contributed by atoms with E-state index >= 15 is 0 Å². The van der Waals surface area contributed by atoms with Crippen molar-refractivity contribution in [3.8, 4) is 66.8 Å². The van der Waals surface area contributed by atoms with E-state index in [1.54, 1.807) is 0 Å². The molecule has 0 saturated carbocycles. The van der Waals surface area contributed by atoms with Gasteiger partial charge in [-0.15, -0.1) is 0 Å². The van der Waals surface area contributed by atoms with Crippen molar-refractivity contribution in [3.63, 3.8) is 0 Å². The highest BCUT2D eigenvalue weighted by molar-refractivity contribution is 6.12. The van der Waals surface area contributed by atoms with E-state index in [1.165, 1.54) is 44.5 Å². The molecule has 1 heterocycles. The second kappa shape index (κ2) is 12.3. The average Bonchev–Trinajstić information content (AvgIpc) is 3.57. The summed E-state index contributed by atoms with van der Waals surface area (Å²) in [5, 5.41) is 2.24. The van der Waals surface area contributed by atoms with Crippen LogP contribution in [0.1, 0.15) is 0 Å². The van der Waals surface area contributed by atoms with Crippen molar-refractivity contribution in [2.24, 2.45) is 0 Å². The molecule has 230 valence electrons. The highest BCUT2D eigenvalue weighted by Crippen LogP contribution is 2.41. The van der Waals surface area contributed by atoms with Crippen LogP contribution in [0.4, 0.5) is 0 Å². The van der Waals surface area contributed by atoms with E-state index in [9.17, 15) is 0 Å². The lowest BCUT2D eigenvalue weighted by atomic mass is 9.93. The van der Waals surface area contributed by atoms with Crippen molar-refractivity contribution in [2.45, 2.75) is 0 Å². The first-order chi connectivity index (χ1) is 24.3. The van der Waals surface area contributed by atoms with Crippen LogP contribution >= 0.6 is 0 Å². The van der Waals surface area contributed by atoms with E-state index in [1.807, 2.05) is 6.07 Å². The molecule has 0 radical (unpaired) electrons. The Morgan fingerprint density at radius 2 is 0.653 bits per heavy atom. The Hall–Kier alpha value is -6.44. The maximum atomic E-state index is 6.67. The Bertz CT molecular complexity index is 2560. The lowest BCUT2D eigenvalue weighted by Crippen LogP contribution is -1.86. The molecule has 9 rings (SSSR count). The smallest absolute Gasteiger partial charge is 0.143 e. The monoisotopic (exact) mass is 624 g/mol. The van der Waals surface area contributed by atoms with E-state index in [4.69, 9.17) is 4.42 Å². The third-order valence-corrected chi connectivity index (χ3v) is 9.48. The van der Waals surface area contributed by atoms with Crippen LogP contribution in [0.25, 0.3) is 88.7 Å². The summed E-state index contributed by atoms with van der Waals surface area (Å²) in [4.78, 5) is 0. The Kier molecular flexibility index (Phi) is 7.22. The number of rotatable bonds is 6. The molecule has 0 unspecified atom stereocenters. The zero-order valence-electron chi connectivity index (χ0n) is 26.9. The molecule has 0 spiro atoms. The van der Waals surface area contributed by atoms with Crippen molar-refractivity contribution in [1.82, 2.24) is 0 Å². The standard InChI is InChI=1S/C48H32O/c1-4-12-33(13-5-1)35-22-24-36(25-23-35)38-18-10-19-39(28-38)40-20-11-21-41(29-40)43-30-45(37-16-8-3-9-17-37)48-46(31-43)44-27-26-42(32-47(44)49-48)34-14-6-2-7-15-34/h1-32H. The first-order valence-corrected chi connectivity index (χ1v) is 16.7. The summed E-state index contributed by atoms with van der Waals surface area (Å²) in [5.74, 6) is 0. The van der Waals surface area contributed by atoms with Crippen molar-refractivity contribution in [2.75, 3.05) is 0 Å². The van der Waals surface area contributed by atoms with E-state index in [0.717, 1.165) is 44.2 Å². The fraction of sp³-hybridized carbons (Fsp3) is 0. The van der Waals surface area contributed by atoms with Gasteiger partial charge in [-0.1, -0.05) is 158 Å². The van der Waals surface area contributed by atoms with Gasteiger partial charge >= 0.3 is 0 Å². The minimum absolute atomic E-state index is 0.896. The van der Waals surface area contributed by atoms with Crippen molar-refractivity contribution >= 4 is 21.9 Å². The summed E-state index contributed by atoms with van der Waals surface area (Å²) in [6.07, 6.45) is 0. The van der Waals surface area contributed by atoms with Crippen LogP contribution in [0.3, 0.4) is 0 Å². The van der Waals surface area contributed by atoms with E-state index < -0.39 is 0 Å². The largest absolute Gasteiger partial charge is 0.455 e. The van der Waals surface area contributed by atoms with Crippen molar-refractivity contribution < 1.29 is 4.42 Å². The van der Waals surface area contributed by atoms with Crippen LogP contribution in [0.2, 0.25) is 0 Å². The summed E-state index contributed by atoms with van der Waals surface area (Å²) in [5.41, 5.74) is 15.9. The zero-order chi connectivity index (χ0) is 32.6. The third-order valence-electron chi connectivity index (χ3n) is 9.48. The Labute approximate surface area is 286 Å². The number of hydrogen-bond donors (Lipinski definition) is 0. The average molecular weight is 625 g/mol. The molecule has 0 aliphatic heterocycles. The second-order valence-corrected chi connectivity index (χ2v) is 12.6. The molecule has 0 amide bonds. The van der Waals surface area contributed by atoms with Gasteiger partial charge in [0.05, 0.1) is 0 Å². The van der Waals surface area contributed by atoms with Gasteiger partial charge in [0.15, 0.2) is 0 Å². The number of benzene rings is 8. The normalized spacial score (nSPS) is 11.3. The van der Waals surface area contributed by atoms with Gasteiger partial charge in [0.25, 0.3) is 0 Å². The number of fused-ring (bicyclic) bond motifs is 3. The van der Waals surface area contributed by atoms with Gasteiger partial charge in [0.1, 0.15) is 11.2 Å². The molecule has 0 bridgehead atoms. The van der Waals surface area contributed by atoms with Crippen LogP contribution in [0.15, 0.2) is 199 Å². The molecule has 1 nitrogen and oxygen atoms in total. The molecule has 8 aromatic carbocycles. The van der Waals surface area contributed by atoms with E-state index in [2.05, 4.69) is 188 Å². The minimum atomic E-state index is 0.896. The minimum Gasteiger partial charge on any atom is -0.455 e. The van der Waals surface area contributed by atoms with Crippen LogP contribution in [0, 0.1) is 0 Å². The third kappa shape index (κ3) is 5.52. The van der Waals surface area contributed by atoms with Crippen LogP contribution in [-0.4, -0.2) is 0 Å². The quantitative estimate of drug-likeness (QED) is 0.179. The predicted molar refractivity (Wildman–Crippen MR) is 206 cm³/mol. The van der Waals surface area contributed by atoms with Gasteiger partial charge in [0, 0.05) is 16.3 Å². The molecule has 9 aromatic rings. The van der Waals surface area contributed by atoms with Gasteiger partial charge in [-0.25, -0.2) is 0 Å². The predicted octanol–water partition coefficient (Wildman–Crippen LogP) is 13.6. The van der Waals surface area contributed by atoms with Gasteiger partial charge in [-0.3, -0.25) is 0 Å². The highest BCUT2D eigenvalue weighted by Gasteiger charge is 2.16. The summed E-state index contributed by atoms with van der Waals surface area (Å²) in [7, 11) is 0. The van der Waals surface area contributed by atoms with E-state index in [-0.39, 0.29) is 0 Å². The molecule has 0 N–H and O–H groups in total. The van der Waals surface area contributed by atoms with Crippen LogP contribution in [-0.2, 0) is 0 Å². The Balaban J connectivity index is 1.12. The fourth-order valence-electron chi connectivity index (χ4n) is 6.93. The topological polar surface area (TPSA) is 13.1 Å². The maximum absolute atomic E-state index is 6.67. The molecule has 49 heavy (non-hydrogen) atoms. The van der Waals surface area contributed by atoms with Crippen LogP contribution in [0.5, 0.6) is 0 Å². The van der Waals surface area contributed by atoms with Crippen LogP contribution < -0.4 is 0 Å². The number of hydrogen-bond acceptors (Lipinski definition) is 1. The van der Waals surface area contributed by atoms with Gasteiger partial charge in [0.2, 0.25) is 0 Å². The molecule has 1 heteroatoms. The Morgan fingerprint density at radius 1 is 0.245 bits per heavy atom. The summed E-state index contributed by atoms with van der Waals surface area (Å²) in [6, 6.07) is 69.3. The Morgan fingerprint density at radius 3 is 1.24 bits per heavy atom. The summed E-state index contributed by atoms with van der Waals surface area (Å²) < 4.78 is 6.67. The highest BCUT2D eigenvalue weighted by atomic mass is 16.3. The summed E-state index contributed by atoms with van der Waals surface area (Å²) in [6.45, 7) is 0. The second-order valence-electron chi connectivity index (χ2n) is 12.6. The molecule has 0 aliphatic rings. The summed E-state index contributed by atoms with van der Waals surface area (Å²) >= 11 is 0. The number of furan rings is 1. The van der Waals surface area contributed by atoms with E-state index in [0.29, 0.717) is 0 Å². The lowest BCUT2D eigenvalue weighted by Gasteiger charge is -2.11. The fourth-order valence-corrected chi connectivity index (χ4v) is 6.93. The van der Waals surface area contributed by atoms with Crippen molar-refractivity contribution in [3.05, 3.63) is 194 Å². The van der Waals surface area contributed by atoms with Crippen molar-refractivity contribution in [1.29, 1.82) is 0 Å².